The van der Waals surface area contributed by atoms with Crippen molar-refractivity contribution in [3.63, 3.8) is 0 Å². The van der Waals surface area contributed by atoms with Crippen LogP contribution in [0, 0.1) is 0 Å². The molecule has 0 amide bonds. The number of fused-ring (bicyclic) bond motifs is 2. The van der Waals surface area contributed by atoms with Crippen LogP contribution in [-0.2, 0) is 25.7 Å². The summed E-state index contributed by atoms with van der Waals surface area (Å²) in [5, 5.41) is 0. The average molecular weight is 210 g/mol. The fourth-order valence-corrected chi connectivity index (χ4v) is 2.35. The molecule has 2 heterocycles. The lowest BCUT2D eigenvalue weighted by molar-refractivity contribution is 0.789. The molecule has 2 nitrogen and oxygen atoms in total. The van der Waals surface area contributed by atoms with E-state index in [2.05, 4.69) is 22.1 Å². The molecule has 0 atom stereocenters. The van der Waals surface area contributed by atoms with E-state index >= 15 is 0 Å². The number of aryl methyl sites for hydroxylation is 4. The Hall–Kier alpha value is -1.70. The summed E-state index contributed by atoms with van der Waals surface area (Å²) in [6.07, 6.45) is 7.99. The smallest absolute Gasteiger partial charge is 0.0438 e. The standard InChI is InChI=1S/C14H14N2/c1-3-11-5-7-14-12(4-2-10-16-14)6-8-13(11)15-9-1/h1-4,9-10H,5-8H2. The van der Waals surface area contributed by atoms with E-state index in [0.29, 0.717) is 0 Å². The highest BCUT2D eigenvalue weighted by atomic mass is 14.7. The summed E-state index contributed by atoms with van der Waals surface area (Å²) in [6, 6.07) is 8.44. The molecule has 0 aromatic carbocycles. The Morgan fingerprint density at radius 1 is 0.688 bits per heavy atom. The molecule has 1 aliphatic carbocycles. The Balaban J connectivity index is 1.97. The van der Waals surface area contributed by atoms with Gasteiger partial charge in [0.25, 0.3) is 0 Å². The van der Waals surface area contributed by atoms with Crippen LogP contribution in [0.4, 0.5) is 0 Å². The van der Waals surface area contributed by atoms with Crippen molar-refractivity contribution in [2.75, 3.05) is 0 Å². The van der Waals surface area contributed by atoms with Gasteiger partial charge in [0.05, 0.1) is 0 Å². The zero-order chi connectivity index (χ0) is 10.8. The second-order valence-electron chi connectivity index (χ2n) is 4.22. The Bertz CT molecular complexity index is 412. The largest absolute Gasteiger partial charge is 0.261 e. The minimum Gasteiger partial charge on any atom is -0.261 e. The summed E-state index contributed by atoms with van der Waals surface area (Å²) in [6.45, 7) is 0. The van der Waals surface area contributed by atoms with E-state index in [9.17, 15) is 0 Å². The number of hydrogen-bond donors (Lipinski definition) is 0. The lowest BCUT2D eigenvalue weighted by Crippen LogP contribution is -2.09. The first-order chi connectivity index (χ1) is 7.93. The summed E-state index contributed by atoms with van der Waals surface area (Å²) >= 11 is 0. The van der Waals surface area contributed by atoms with Crippen molar-refractivity contribution in [1.29, 1.82) is 0 Å². The van der Waals surface area contributed by atoms with E-state index < -0.39 is 0 Å². The summed E-state index contributed by atoms with van der Waals surface area (Å²) in [5.74, 6) is 0. The lowest BCUT2D eigenvalue weighted by Gasteiger charge is -2.14. The molecular formula is C14H14N2. The third-order valence-corrected chi connectivity index (χ3v) is 3.23. The second kappa shape index (κ2) is 4.05. The van der Waals surface area contributed by atoms with Crippen molar-refractivity contribution in [3.05, 3.63) is 59.2 Å². The summed E-state index contributed by atoms with van der Waals surface area (Å²) in [7, 11) is 0. The number of nitrogens with zero attached hydrogens (tertiary/aromatic N) is 2. The minimum absolute atomic E-state index is 1.04. The minimum atomic E-state index is 1.04. The van der Waals surface area contributed by atoms with Crippen LogP contribution in [-0.4, -0.2) is 9.97 Å². The van der Waals surface area contributed by atoms with Crippen LogP contribution in [0.25, 0.3) is 0 Å². The van der Waals surface area contributed by atoms with E-state index in [4.69, 9.17) is 0 Å². The first-order valence-corrected chi connectivity index (χ1v) is 5.79. The molecule has 16 heavy (non-hydrogen) atoms. The molecule has 0 spiro atoms. The Morgan fingerprint density at radius 2 is 1.19 bits per heavy atom. The molecule has 0 saturated carbocycles. The molecule has 0 N–H and O–H groups in total. The first-order valence-electron chi connectivity index (χ1n) is 5.79. The number of pyridine rings is 2. The highest BCUT2D eigenvalue weighted by Crippen LogP contribution is 2.18. The van der Waals surface area contributed by atoms with Gasteiger partial charge in [-0.15, -0.1) is 0 Å². The van der Waals surface area contributed by atoms with E-state index in [1.54, 1.807) is 0 Å². The summed E-state index contributed by atoms with van der Waals surface area (Å²) < 4.78 is 0. The topological polar surface area (TPSA) is 25.8 Å². The highest BCUT2D eigenvalue weighted by molar-refractivity contribution is 5.28. The molecule has 2 heteroatoms. The molecule has 1 aliphatic rings. The predicted octanol–water partition coefficient (Wildman–Crippen LogP) is 2.36. The van der Waals surface area contributed by atoms with Crippen molar-refractivity contribution >= 4 is 0 Å². The molecule has 2 aromatic rings. The molecule has 0 saturated heterocycles. The zero-order valence-electron chi connectivity index (χ0n) is 9.19. The normalized spacial score (nSPS) is 14.5. The van der Waals surface area contributed by atoms with Crippen LogP contribution >= 0.6 is 0 Å². The van der Waals surface area contributed by atoms with Crippen LogP contribution in [0.15, 0.2) is 36.7 Å². The number of hydrogen-bond acceptors (Lipinski definition) is 2. The van der Waals surface area contributed by atoms with Crippen molar-refractivity contribution in [1.82, 2.24) is 9.97 Å². The molecule has 0 radical (unpaired) electrons. The first kappa shape index (κ1) is 9.52. The van der Waals surface area contributed by atoms with Crippen molar-refractivity contribution in [2.24, 2.45) is 0 Å². The lowest BCUT2D eigenvalue weighted by atomic mass is 9.95. The molecule has 0 aliphatic heterocycles. The third-order valence-electron chi connectivity index (χ3n) is 3.23. The molecular weight excluding hydrogens is 196 g/mol. The van der Waals surface area contributed by atoms with Gasteiger partial charge in [-0.25, -0.2) is 0 Å². The highest BCUT2D eigenvalue weighted by Gasteiger charge is 2.11. The molecule has 3 rings (SSSR count). The fraction of sp³-hybridized carbons (Fsp3) is 0.286. The van der Waals surface area contributed by atoms with Crippen molar-refractivity contribution in [3.8, 4) is 0 Å². The average Bonchev–Trinajstić information content (AvgIpc) is 2.32. The van der Waals surface area contributed by atoms with E-state index in [1.165, 1.54) is 22.5 Å². The van der Waals surface area contributed by atoms with Gasteiger partial charge >= 0.3 is 0 Å². The Labute approximate surface area is 95.4 Å². The molecule has 2 aromatic heterocycles. The number of aromatic nitrogens is 2. The van der Waals surface area contributed by atoms with E-state index in [1.807, 2.05) is 24.5 Å². The SMILES string of the molecule is c1cnc2c(c1)CCc1ncccc1CC2. The maximum absolute atomic E-state index is 4.47. The van der Waals surface area contributed by atoms with Gasteiger partial charge in [0.2, 0.25) is 0 Å². The van der Waals surface area contributed by atoms with Gasteiger partial charge < -0.3 is 0 Å². The number of rotatable bonds is 0. The van der Waals surface area contributed by atoms with Crippen LogP contribution in [0.2, 0.25) is 0 Å². The Kier molecular flexibility index (Phi) is 2.41. The predicted molar refractivity (Wildman–Crippen MR) is 63.3 cm³/mol. The molecule has 0 fully saturated rings. The quantitative estimate of drug-likeness (QED) is 0.667. The maximum Gasteiger partial charge on any atom is 0.0438 e. The van der Waals surface area contributed by atoms with Crippen molar-refractivity contribution < 1.29 is 0 Å². The van der Waals surface area contributed by atoms with E-state index in [-0.39, 0.29) is 0 Å². The van der Waals surface area contributed by atoms with Gasteiger partial charge in [-0.2, -0.15) is 0 Å². The fourth-order valence-electron chi connectivity index (χ4n) is 2.35. The van der Waals surface area contributed by atoms with Gasteiger partial charge in [0, 0.05) is 23.8 Å². The maximum atomic E-state index is 4.47. The van der Waals surface area contributed by atoms with Crippen LogP contribution < -0.4 is 0 Å². The zero-order valence-corrected chi connectivity index (χ0v) is 9.19. The third kappa shape index (κ3) is 1.71. The van der Waals surface area contributed by atoms with Crippen molar-refractivity contribution in [2.45, 2.75) is 25.7 Å². The molecule has 0 bridgehead atoms. The molecule has 80 valence electrons. The second-order valence-corrected chi connectivity index (χ2v) is 4.22. The van der Waals surface area contributed by atoms with E-state index in [0.717, 1.165) is 25.7 Å². The van der Waals surface area contributed by atoms with Gasteiger partial charge in [-0.05, 0) is 48.9 Å². The Morgan fingerprint density at radius 3 is 1.69 bits per heavy atom. The van der Waals surface area contributed by atoms with Gasteiger partial charge in [-0.1, -0.05) is 12.1 Å². The van der Waals surface area contributed by atoms with Gasteiger partial charge in [0.15, 0.2) is 0 Å². The van der Waals surface area contributed by atoms with Crippen LogP contribution in [0.1, 0.15) is 22.5 Å². The molecule has 0 unspecified atom stereocenters. The monoisotopic (exact) mass is 210 g/mol. The summed E-state index contributed by atoms with van der Waals surface area (Å²) in [4.78, 5) is 8.95. The van der Waals surface area contributed by atoms with Gasteiger partial charge in [0.1, 0.15) is 0 Å². The van der Waals surface area contributed by atoms with Crippen LogP contribution in [0.5, 0.6) is 0 Å². The van der Waals surface area contributed by atoms with Gasteiger partial charge in [-0.3, -0.25) is 9.97 Å². The summed E-state index contributed by atoms with van der Waals surface area (Å²) in [5.41, 5.74) is 5.30. The van der Waals surface area contributed by atoms with Crippen LogP contribution in [0.3, 0.4) is 0 Å².